The number of nitrogens with zero attached hydrogens (tertiary/aromatic N) is 1. The van der Waals surface area contributed by atoms with Gasteiger partial charge < -0.3 is 4.74 Å². The lowest BCUT2D eigenvalue weighted by molar-refractivity contribution is 0.177. The summed E-state index contributed by atoms with van der Waals surface area (Å²) in [5.41, 5.74) is 0.614. The Morgan fingerprint density at radius 2 is 2.12 bits per heavy atom. The van der Waals surface area contributed by atoms with E-state index in [1.807, 2.05) is 0 Å². The summed E-state index contributed by atoms with van der Waals surface area (Å²) in [5.74, 6) is 0.0992. The molecule has 0 fully saturated rings. The largest absolute Gasteiger partial charge is 0.452 e. The zero-order valence-electron chi connectivity index (χ0n) is 9.02. The standard InChI is InChI=1S/C8H10BrN3O4S/c1-5-6(9)3-4-7(10-5)11-17(14,15)12-8(13)16-2/h3-4H,1-2H3,(H,10,11)(H,12,13). The zero-order chi connectivity index (χ0) is 13.1. The monoisotopic (exact) mass is 323 g/mol. The molecule has 94 valence electrons. The minimum absolute atomic E-state index is 0.0992. The second kappa shape index (κ2) is 5.32. The summed E-state index contributed by atoms with van der Waals surface area (Å²) in [6.45, 7) is 1.70. The lowest BCUT2D eigenvalue weighted by Gasteiger charge is -2.08. The number of hydrogen-bond acceptors (Lipinski definition) is 5. The van der Waals surface area contributed by atoms with Gasteiger partial charge in [-0.2, -0.15) is 8.42 Å². The van der Waals surface area contributed by atoms with Crippen LogP contribution in [0.15, 0.2) is 16.6 Å². The molecular weight excluding hydrogens is 314 g/mol. The normalized spacial score (nSPS) is 10.8. The third-order valence-corrected chi connectivity index (χ3v) is 3.41. The first-order chi connectivity index (χ1) is 7.84. The van der Waals surface area contributed by atoms with E-state index in [1.165, 1.54) is 6.07 Å². The van der Waals surface area contributed by atoms with Crippen LogP contribution in [-0.2, 0) is 14.9 Å². The zero-order valence-corrected chi connectivity index (χ0v) is 11.4. The van der Waals surface area contributed by atoms with Crippen LogP contribution >= 0.6 is 15.9 Å². The molecule has 9 heteroatoms. The van der Waals surface area contributed by atoms with Crippen LogP contribution < -0.4 is 9.44 Å². The van der Waals surface area contributed by atoms with Crippen LogP contribution in [0.25, 0.3) is 0 Å². The maximum atomic E-state index is 11.4. The van der Waals surface area contributed by atoms with Gasteiger partial charge in [0.2, 0.25) is 0 Å². The van der Waals surface area contributed by atoms with E-state index in [2.05, 4.69) is 30.4 Å². The molecule has 1 aromatic heterocycles. The molecule has 17 heavy (non-hydrogen) atoms. The first-order valence-electron chi connectivity index (χ1n) is 4.35. The smallest absolute Gasteiger partial charge is 0.422 e. The van der Waals surface area contributed by atoms with E-state index in [0.29, 0.717) is 5.69 Å². The lowest BCUT2D eigenvalue weighted by Crippen LogP contribution is -2.35. The van der Waals surface area contributed by atoms with Crippen molar-refractivity contribution in [3.8, 4) is 0 Å². The Morgan fingerprint density at radius 3 is 2.65 bits per heavy atom. The van der Waals surface area contributed by atoms with E-state index in [9.17, 15) is 13.2 Å². The number of hydrogen-bond donors (Lipinski definition) is 2. The Kier molecular flexibility index (Phi) is 4.29. The summed E-state index contributed by atoms with van der Waals surface area (Å²) < 4.78 is 31.4. The van der Waals surface area contributed by atoms with E-state index in [4.69, 9.17) is 0 Å². The van der Waals surface area contributed by atoms with Crippen molar-refractivity contribution in [1.29, 1.82) is 0 Å². The Labute approximate surface area is 107 Å². The molecule has 0 aromatic carbocycles. The minimum atomic E-state index is -4.03. The number of aryl methyl sites for hydroxylation is 1. The second-order valence-corrected chi connectivity index (χ2v) is 5.23. The average molecular weight is 324 g/mol. The van der Waals surface area contributed by atoms with Crippen LogP contribution in [0.4, 0.5) is 10.6 Å². The number of anilines is 1. The molecule has 1 heterocycles. The summed E-state index contributed by atoms with van der Waals surface area (Å²) in [6.07, 6.45) is -1.08. The van der Waals surface area contributed by atoms with Gasteiger partial charge in [-0.25, -0.2) is 14.5 Å². The van der Waals surface area contributed by atoms with Crippen LogP contribution in [0.2, 0.25) is 0 Å². The van der Waals surface area contributed by atoms with E-state index in [1.54, 1.807) is 17.7 Å². The highest BCUT2D eigenvalue weighted by Gasteiger charge is 2.15. The molecule has 7 nitrogen and oxygen atoms in total. The maximum Gasteiger partial charge on any atom is 0.422 e. The third kappa shape index (κ3) is 4.19. The summed E-state index contributed by atoms with van der Waals surface area (Å²) >= 11 is 3.23. The number of methoxy groups -OCH3 is 1. The maximum absolute atomic E-state index is 11.4. The van der Waals surface area contributed by atoms with Gasteiger partial charge in [0.05, 0.1) is 12.8 Å². The molecule has 1 aromatic rings. The summed E-state index contributed by atoms with van der Waals surface area (Å²) in [5, 5.41) is 0. The summed E-state index contributed by atoms with van der Waals surface area (Å²) in [7, 11) is -2.97. The van der Waals surface area contributed by atoms with Crippen molar-refractivity contribution in [3.05, 3.63) is 22.3 Å². The van der Waals surface area contributed by atoms with Crippen molar-refractivity contribution >= 4 is 38.1 Å². The lowest BCUT2D eigenvalue weighted by atomic mass is 10.4. The van der Waals surface area contributed by atoms with Gasteiger partial charge in [0, 0.05) is 4.47 Å². The SMILES string of the molecule is COC(=O)NS(=O)(=O)Nc1ccc(Br)c(C)n1. The molecule has 0 aliphatic rings. The van der Waals surface area contributed by atoms with Gasteiger partial charge in [0.1, 0.15) is 5.82 Å². The van der Waals surface area contributed by atoms with Crippen LogP contribution in [0.5, 0.6) is 0 Å². The Balaban J connectivity index is 2.83. The number of ether oxygens (including phenoxy) is 1. The first-order valence-corrected chi connectivity index (χ1v) is 6.63. The highest BCUT2D eigenvalue weighted by atomic mass is 79.9. The molecule has 1 rings (SSSR count). The first kappa shape index (κ1) is 13.7. The highest BCUT2D eigenvalue weighted by Crippen LogP contribution is 2.16. The fraction of sp³-hybridized carbons (Fsp3) is 0.250. The van der Waals surface area contributed by atoms with Crippen molar-refractivity contribution < 1.29 is 17.9 Å². The van der Waals surface area contributed by atoms with Gasteiger partial charge >= 0.3 is 16.3 Å². The van der Waals surface area contributed by atoms with Crippen molar-refractivity contribution in [1.82, 2.24) is 9.71 Å². The van der Waals surface area contributed by atoms with Gasteiger partial charge in [-0.3, -0.25) is 4.72 Å². The quantitative estimate of drug-likeness (QED) is 0.870. The number of nitrogens with one attached hydrogen (secondary N) is 2. The summed E-state index contributed by atoms with van der Waals surface area (Å²) in [6, 6.07) is 3.09. The third-order valence-electron chi connectivity index (χ3n) is 1.66. The van der Waals surface area contributed by atoms with Crippen molar-refractivity contribution in [2.75, 3.05) is 11.8 Å². The topological polar surface area (TPSA) is 97.4 Å². The van der Waals surface area contributed by atoms with Crippen LogP contribution in [0.1, 0.15) is 5.69 Å². The Bertz CT molecular complexity index is 532. The number of carbonyl (C=O) groups is 1. The number of rotatable bonds is 3. The molecule has 0 bridgehead atoms. The minimum Gasteiger partial charge on any atom is -0.452 e. The Hall–Kier alpha value is -1.35. The predicted octanol–water partition coefficient (Wildman–Crippen LogP) is 1.17. The van der Waals surface area contributed by atoms with Crippen LogP contribution in [-0.4, -0.2) is 26.6 Å². The number of amides is 1. The van der Waals surface area contributed by atoms with Crippen molar-refractivity contribution in [3.63, 3.8) is 0 Å². The van der Waals surface area contributed by atoms with E-state index < -0.39 is 16.3 Å². The van der Waals surface area contributed by atoms with E-state index in [-0.39, 0.29) is 5.82 Å². The molecule has 0 spiro atoms. The summed E-state index contributed by atoms with van der Waals surface area (Å²) in [4.78, 5) is 14.7. The van der Waals surface area contributed by atoms with Gasteiger partial charge in [-0.1, -0.05) is 0 Å². The van der Waals surface area contributed by atoms with Crippen molar-refractivity contribution in [2.45, 2.75) is 6.92 Å². The number of aromatic nitrogens is 1. The molecule has 2 N–H and O–H groups in total. The second-order valence-electron chi connectivity index (χ2n) is 2.96. The number of carbonyl (C=O) groups excluding carboxylic acids is 1. The molecular formula is C8H10BrN3O4S. The molecule has 0 saturated heterocycles. The van der Waals surface area contributed by atoms with E-state index >= 15 is 0 Å². The van der Waals surface area contributed by atoms with Crippen molar-refractivity contribution in [2.24, 2.45) is 0 Å². The average Bonchev–Trinajstić information content (AvgIpc) is 2.22. The molecule has 1 amide bonds. The van der Waals surface area contributed by atoms with Crippen LogP contribution in [0, 0.1) is 6.92 Å². The fourth-order valence-corrected chi connectivity index (χ4v) is 1.88. The van der Waals surface area contributed by atoms with E-state index in [0.717, 1.165) is 11.6 Å². The molecule has 0 radical (unpaired) electrons. The number of halogens is 1. The Morgan fingerprint density at radius 1 is 1.47 bits per heavy atom. The molecule has 0 aliphatic carbocycles. The van der Waals surface area contributed by atoms with Crippen LogP contribution in [0.3, 0.4) is 0 Å². The molecule has 0 atom stereocenters. The number of pyridine rings is 1. The van der Waals surface area contributed by atoms with Gasteiger partial charge in [-0.15, -0.1) is 0 Å². The molecule has 0 saturated carbocycles. The van der Waals surface area contributed by atoms with Gasteiger partial charge in [-0.05, 0) is 35.0 Å². The fourth-order valence-electron chi connectivity index (χ4n) is 0.915. The highest BCUT2D eigenvalue weighted by molar-refractivity contribution is 9.10. The predicted molar refractivity (Wildman–Crippen MR) is 64.8 cm³/mol. The molecule has 0 unspecified atom stereocenters. The van der Waals surface area contributed by atoms with Gasteiger partial charge in [0.15, 0.2) is 0 Å². The van der Waals surface area contributed by atoms with Gasteiger partial charge in [0.25, 0.3) is 0 Å². The molecule has 0 aliphatic heterocycles.